The number of halogens is 3. The highest BCUT2D eigenvalue weighted by atomic mass is 35.5. The Bertz CT molecular complexity index is 1060. The highest BCUT2D eigenvalue weighted by Crippen LogP contribution is 2.37. The fourth-order valence-corrected chi connectivity index (χ4v) is 4.40. The maximum absolute atomic E-state index is 14.1. The van der Waals surface area contributed by atoms with Crippen LogP contribution in [0.5, 0.6) is 0 Å². The molecule has 2 aromatic carbocycles. The molecule has 0 saturated heterocycles. The van der Waals surface area contributed by atoms with Gasteiger partial charge in [0.05, 0.1) is 16.4 Å². The van der Waals surface area contributed by atoms with Crippen LogP contribution in [0, 0.1) is 18.6 Å². The van der Waals surface area contributed by atoms with Gasteiger partial charge in [0.1, 0.15) is 11.6 Å². The number of rotatable bonds is 7. The van der Waals surface area contributed by atoms with Crippen LogP contribution in [0.3, 0.4) is 0 Å². The highest BCUT2D eigenvalue weighted by molar-refractivity contribution is 6.32. The minimum atomic E-state index is -0.427. The first-order valence-electron chi connectivity index (χ1n) is 10.8. The van der Waals surface area contributed by atoms with E-state index in [0.717, 1.165) is 40.1 Å². The van der Waals surface area contributed by atoms with Gasteiger partial charge in [-0.1, -0.05) is 44.5 Å². The Morgan fingerprint density at radius 1 is 1.06 bits per heavy atom. The number of benzene rings is 2. The van der Waals surface area contributed by atoms with Crippen molar-refractivity contribution in [2.24, 2.45) is 5.73 Å². The summed E-state index contributed by atoms with van der Waals surface area (Å²) in [4.78, 5) is 5.01. The first-order valence-corrected chi connectivity index (χ1v) is 11.1. The second-order valence-electron chi connectivity index (χ2n) is 8.00. The Morgan fingerprint density at radius 3 is 2.32 bits per heavy atom. The number of nitrogens with two attached hydrogens (primary N) is 1. The molecule has 164 valence electrons. The van der Waals surface area contributed by atoms with Gasteiger partial charge >= 0.3 is 0 Å². The predicted octanol–water partition coefficient (Wildman–Crippen LogP) is 7.16. The van der Waals surface area contributed by atoms with Gasteiger partial charge in [-0.25, -0.2) is 8.78 Å². The molecule has 3 rings (SSSR count). The van der Waals surface area contributed by atoms with E-state index in [4.69, 9.17) is 22.3 Å². The maximum Gasteiger partial charge on any atom is 0.142 e. The molecule has 3 aromatic rings. The van der Waals surface area contributed by atoms with Gasteiger partial charge in [-0.2, -0.15) is 0 Å². The van der Waals surface area contributed by atoms with E-state index in [0.29, 0.717) is 18.9 Å². The molecule has 0 fully saturated rings. The molecular weight excluding hydrogens is 414 g/mol. The summed E-state index contributed by atoms with van der Waals surface area (Å²) in [5.41, 5.74) is 12.5. The number of nitrogens with zero attached hydrogens (tertiary/aromatic N) is 1. The summed E-state index contributed by atoms with van der Waals surface area (Å²) in [5, 5.41) is 0.144. The van der Waals surface area contributed by atoms with Crippen molar-refractivity contribution in [2.45, 2.75) is 52.4 Å². The van der Waals surface area contributed by atoms with Gasteiger partial charge < -0.3 is 5.73 Å². The lowest BCUT2D eigenvalue weighted by Gasteiger charge is -2.23. The van der Waals surface area contributed by atoms with Gasteiger partial charge in [-0.15, -0.1) is 0 Å². The number of hydrogen-bond acceptors (Lipinski definition) is 2. The normalized spacial score (nSPS) is 13.3. The van der Waals surface area contributed by atoms with E-state index in [2.05, 4.69) is 26.8 Å². The maximum atomic E-state index is 14.1. The minimum absolute atomic E-state index is 0.144. The summed E-state index contributed by atoms with van der Waals surface area (Å²) < 4.78 is 27.6. The first kappa shape index (κ1) is 23.4. The Morgan fingerprint density at radius 2 is 1.74 bits per heavy atom. The lowest BCUT2D eigenvalue weighted by Crippen LogP contribution is -2.17. The smallest absolute Gasteiger partial charge is 0.142 e. The third-order valence-corrected chi connectivity index (χ3v) is 6.55. The lowest BCUT2D eigenvalue weighted by molar-refractivity contribution is 0.625. The summed E-state index contributed by atoms with van der Waals surface area (Å²) in [7, 11) is 0. The van der Waals surface area contributed by atoms with Gasteiger partial charge in [0.15, 0.2) is 0 Å². The largest absolute Gasteiger partial charge is 0.329 e. The Balaban J connectivity index is 2.28. The topological polar surface area (TPSA) is 38.9 Å². The number of hydrogen-bond donors (Lipinski definition) is 1. The van der Waals surface area contributed by atoms with Crippen molar-refractivity contribution in [3.8, 4) is 11.3 Å². The fourth-order valence-electron chi connectivity index (χ4n) is 4.10. The molecule has 2 N–H and O–H groups in total. The molecule has 0 aliphatic rings. The molecule has 0 radical (unpaired) electrons. The molecule has 0 amide bonds. The molecule has 2 nitrogen and oxygen atoms in total. The summed E-state index contributed by atoms with van der Waals surface area (Å²) in [6, 6.07) is 11.7. The summed E-state index contributed by atoms with van der Waals surface area (Å²) in [6.45, 7) is 8.69. The molecule has 0 bridgehead atoms. The van der Waals surface area contributed by atoms with Crippen molar-refractivity contribution in [1.29, 1.82) is 0 Å². The van der Waals surface area contributed by atoms with E-state index in [9.17, 15) is 8.78 Å². The van der Waals surface area contributed by atoms with Crippen molar-refractivity contribution >= 4 is 11.6 Å². The van der Waals surface area contributed by atoms with Crippen LogP contribution >= 0.6 is 11.6 Å². The molecular formula is C26H29ClF2N2. The van der Waals surface area contributed by atoms with Crippen LogP contribution in [-0.4, -0.2) is 11.5 Å². The molecule has 1 aromatic heterocycles. The van der Waals surface area contributed by atoms with Crippen LogP contribution in [-0.2, 0) is 6.42 Å². The van der Waals surface area contributed by atoms with Crippen molar-refractivity contribution in [2.75, 3.05) is 6.54 Å². The van der Waals surface area contributed by atoms with E-state index in [1.54, 1.807) is 18.2 Å². The summed E-state index contributed by atoms with van der Waals surface area (Å²) in [5.74, 6) is -0.577. The molecule has 5 heteroatoms. The SMILES string of the molecule is CCc1c(-c2nc(C(CN)c3ccc(F)cc3)cc(C(C)CC)c2C)ccc(F)c1Cl. The van der Waals surface area contributed by atoms with Crippen molar-refractivity contribution in [3.63, 3.8) is 0 Å². The second kappa shape index (κ2) is 9.88. The average Bonchev–Trinajstić information content (AvgIpc) is 2.77. The molecule has 31 heavy (non-hydrogen) atoms. The summed E-state index contributed by atoms with van der Waals surface area (Å²) >= 11 is 6.31. The van der Waals surface area contributed by atoms with E-state index < -0.39 is 5.82 Å². The highest BCUT2D eigenvalue weighted by Gasteiger charge is 2.22. The standard InChI is InChI=1S/C26H29ClF2N2/c1-5-15(3)21-13-24(22(14-30)17-7-9-18(28)10-8-17)31-26(16(21)4)20-11-12-23(29)25(27)19(20)6-2/h7-13,15,22H,5-6,14,30H2,1-4H3. The van der Waals surface area contributed by atoms with Crippen LogP contribution in [0.25, 0.3) is 11.3 Å². The third kappa shape index (κ3) is 4.65. The zero-order valence-corrected chi connectivity index (χ0v) is 19.2. The Hall–Kier alpha value is -2.30. The van der Waals surface area contributed by atoms with E-state index in [1.807, 2.05) is 6.92 Å². The Labute approximate surface area is 188 Å². The van der Waals surface area contributed by atoms with Crippen LogP contribution in [0.15, 0.2) is 42.5 Å². The van der Waals surface area contributed by atoms with Gasteiger partial charge in [-0.3, -0.25) is 4.98 Å². The molecule has 0 spiro atoms. The first-order chi connectivity index (χ1) is 14.8. The van der Waals surface area contributed by atoms with Crippen molar-refractivity contribution in [1.82, 2.24) is 4.98 Å². The van der Waals surface area contributed by atoms with E-state index >= 15 is 0 Å². The number of pyridine rings is 1. The monoisotopic (exact) mass is 442 g/mol. The van der Waals surface area contributed by atoms with Gasteiger partial charge in [0.2, 0.25) is 0 Å². The molecule has 0 aliphatic heterocycles. The summed E-state index contributed by atoms with van der Waals surface area (Å²) in [6.07, 6.45) is 1.56. The van der Waals surface area contributed by atoms with Crippen LogP contribution in [0.2, 0.25) is 5.02 Å². The zero-order valence-electron chi connectivity index (χ0n) is 18.5. The van der Waals surface area contributed by atoms with Gasteiger partial charge in [-0.05, 0) is 78.3 Å². The zero-order chi connectivity index (χ0) is 22.7. The predicted molar refractivity (Wildman–Crippen MR) is 125 cm³/mol. The van der Waals surface area contributed by atoms with Crippen molar-refractivity contribution in [3.05, 3.63) is 87.1 Å². The minimum Gasteiger partial charge on any atom is -0.329 e. The third-order valence-electron chi connectivity index (χ3n) is 6.15. The Kier molecular flexibility index (Phi) is 7.45. The van der Waals surface area contributed by atoms with E-state index in [1.165, 1.54) is 23.8 Å². The van der Waals surface area contributed by atoms with Gasteiger partial charge in [0.25, 0.3) is 0 Å². The van der Waals surface area contributed by atoms with E-state index in [-0.39, 0.29) is 16.8 Å². The van der Waals surface area contributed by atoms with Crippen molar-refractivity contribution < 1.29 is 8.78 Å². The van der Waals surface area contributed by atoms with Gasteiger partial charge in [0, 0.05) is 18.0 Å². The molecule has 2 unspecified atom stereocenters. The van der Waals surface area contributed by atoms with Crippen LogP contribution < -0.4 is 5.73 Å². The van der Waals surface area contributed by atoms with Crippen LogP contribution in [0.4, 0.5) is 8.78 Å². The quantitative estimate of drug-likeness (QED) is 0.421. The second-order valence-corrected chi connectivity index (χ2v) is 8.38. The average molecular weight is 443 g/mol. The molecule has 0 aliphatic carbocycles. The van der Waals surface area contributed by atoms with Crippen LogP contribution in [0.1, 0.15) is 67.0 Å². The lowest BCUT2D eigenvalue weighted by atomic mass is 9.86. The fraction of sp³-hybridized carbons (Fsp3) is 0.346. The molecule has 2 atom stereocenters. The molecule has 1 heterocycles. The molecule has 0 saturated carbocycles. The number of aromatic nitrogens is 1.